The first kappa shape index (κ1) is 24.1. The minimum absolute atomic E-state index is 0.226. The molecule has 0 spiro atoms. The maximum atomic E-state index is 12.9. The zero-order valence-corrected chi connectivity index (χ0v) is 18.9. The standard InChI is InChI=1S/C27H24O8/c1-17-21(33-24(28)18-11-5-2-6-12-18)22(34-25(29)19-13-7-3-8-14-19)23(27(31)32-17)35-26(30)20-15-9-4-10-16-20/h2-17,21-23,27,31H,1H3/t17?,21-,22+,23?,27+/m0/s1. The molecule has 2 unspecified atom stereocenters. The molecule has 4 rings (SSSR count). The molecule has 5 atom stereocenters. The van der Waals surface area contributed by atoms with Crippen LogP contribution in [0, 0.1) is 0 Å². The number of ether oxygens (including phenoxy) is 4. The van der Waals surface area contributed by atoms with Crippen LogP contribution in [0.3, 0.4) is 0 Å². The first-order valence-electron chi connectivity index (χ1n) is 11.1. The van der Waals surface area contributed by atoms with Gasteiger partial charge in [0, 0.05) is 0 Å². The fraction of sp³-hybridized carbons (Fsp3) is 0.222. The van der Waals surface area contributed by atoms with Crippen LogP contribution in [-0.4, -0.2) is 53.7 Å². The van der Waals surface area contributed by atoms with E-state index in [1.165, 1.54) is 0 Å². The highest BCUT2D eigenvalue weighted by Gasteiger charge is 2.50. The van der Waals surface area contributed by atoms with E-state index < -0.39 is 48.6 Å². The summed E-state index contributed by atoms with van der Waals surface area (Å²) in [6.07, 6.45) is -6.48. The van der Waals surface area contributed by atoms with Crippen molar-refractivity contribution in [1.29, 1.82) is 0 Å². The first-order chi connectivity index (χ1) is 16.9. The van der Waals surface area contributed by atoms with Crippen LogP contribution in [0.5, 0.6) is 0 Å². The van der Waals surface area contributed by atoms with Crippen molar-refractivity contribution in [1.82, 2.24) is 0 Å². The summed E-state index contributed by atoms with van der Waals surface area (Å²) in [6.45, 7) is 1.56. The summed E-state index contributed by atoms with van der Waals surface area (Å²) >= 11 is 0. The highest BCUT2D eigenvalue weighted by Crippen LogP contribution is 2.29. The van der Waals surface area contributed by atoms with Crippen molar-refractivity contribution in [3.05, 3.63) is 108 Å². The van der Waals surface area contributed by atoms with Crippen molar-refractivity contribution in [2.75, 3.05) is 0 Å². The van der Waals surface area contributed by atoms with Crippen molar-refractivity contribution in [3.63, 3.8) is 0 Å². The van der Waals surface area contributed by atoms with Gasteiger partial charge in [-0.25, -0.2) is 14.4 Å². The molecule has 1 fully saturated rings. The highest BCUT2D eigenvalue weighted by molar-refractivity contribution is 5.91. The number of rotatable bonds is 6. The lowest BCUT2D eigenvalue weighted by atomic mass is 9.98. The van der Waals surface area contributed by atoms with Crippen molar-refractivity contribution < 1.29 is 38.4 Å². The van der Waals surface area contributed by atoms with Crippen LogP contribution in [0.2, 0.25) is 0 Å². The molecule has 0 amide bonds. The predicted molar refractivity (Wildman–Crippen MR) is 123 cm³/mol. The Morgan fingerprint density at radius 2 is 0.943 bits per heavy atom. The van der Waals surface area contributed by atoms with E-state index >= 15 is 0 Å². The van der Waals surface area contributed by atoms with Gasteiger partial charge in [-0.15, -0.1) is 0 Å². The van der Waals surface area contributed by atoms with E-state index in [0.717, 1.165) is 0 Å². The second-order valence-electron chi connectivity index (χ2n) is 7.94. The Bertz CT molecular complexity index is 1080. The van der Waals surface area contributed by atoms with Gasteiger partial charge >= 0.3 is 17.9 Å². The lowest BCUT2D eigenvalue weighted by molar-refractivity contribution is -0.275. The SMILES string of the molecule is CC1O[C@@H](O)C(OC(=O)c2ccccc2)[C@H](OC(=O)c2ccccc2)[C@H]1OC(=O)c1ccccc1. The summed E-state index contributed by atoms with van der Waals surface area (Å²) in [7, 11) is 0. The molecule has 1 aliphatic heterocycles. The molecular weight excluding hydrogens is 452 g/mol. The van der Waals surface area contributed by atoms with E-state index in [4.69, 9.17) is 18.9 Å². The van der Waals surface area contributed by atoms with Crippen molar-refractivity contribution in [2.24, 2.45) is 0 Å². The number of benzene rings is 3. The summed E-state index contributed by atoms with van der Waals surface area (Å²) in [5, 5.41) is 10.6. The molecule has 35 heavy (non-hydrogen) atoms. The summed E-state index contributed by atoms with van der Waals surface area (Å²) in [5.41, 5.74) is 0.739. The van der Waals surface area contributed by atoms with Crippen molar-refractivity contribution in [2.45, 2.75) is 37.6 Å². The van der Waals surface area contributed by atoms with Gasteiger partial charge in [0.05, 0.1) is 22.8 Å². The zero-order chi connectivity index (χ0) is 24.8. The third-order valence-corrected chi connectivity index (χ3v) is 5.50. The van der Waals surface area contributed by atoms with E-state index in [1.807, 2.05) is 0 Å². The van der Waals surface area contributed by atoms with Gasteiger partial charge in [0.15, 0.2) is 24.6 Å². The van der Waals surface area contributed by atoms with E-state index in [9.17, 15) is 19.5 Å². The van der Waals surface area contributed by atoms with Gasteiger partial charge in [-0.2, -0.15) is 0 Å². The van der Waals surface area contributed by atoms with Gasteiger partial charge in [0.25, 0.3) is 0 Å². The molecule has 0 aromatic heterocycles. The smallest absolute Gasteiger partial charge is 0.338 e. The van der Waals surface area contributed by atoms with E-state index in [1.54, 1.807) is 97.9 Å². The molecule has 3 aromatic carbocycles. The third kappa shape index (κ3) is 5.74. The van der Waals surface area contributed by atoms with Crippen LogP contribution in [-0.2, 0) is 18.9 Å². The summed E-state index contributed by atoms with van der Waals surface area (Å²) in [6, 6.07) is 24.6. The topological polar surface area (TPSA) is 108 Å². The molecule has 1 aliphatic rings. The third-order valence-electron chi connectivity index (χ3n) is 5.50. The van der Waals surface area contributed by atoms with Gasteiger partial charge in [0.1, 0.15) is 0 Å². The average molecular weight is 476 g/mol. The maximum Gasteiger partial charge on any atom is 0.338 e. The molecule has 3 aromatic rings. The van der Waals surface area contributed by atoms with Gasteiger partial charge in [-0.1, -0.05) is 54.6 Å². The Morgan fingerprint density at radius 3 is 1.34 bits per heavy atom. The van der Waals surface area contributed by atoms with Crippen LogP contribution in [0.4, 0.5) is 0 Å². The molecule has 180 valence electrons. The molecule has 1 heterocycles. The Hall–Kier alpha value is -4.01. The number of carbonyl (C=O) groups excluding carboxylic acids is 3. The van der Waals surface area contributed by atoms with E-state index in [-0.39, 0.29) is 16.7 Å². The number of hydrogen-bond donors (Lipinski definition) is 1. The minimum Gasteiger partial charge on any atom is -0.452 e. The fourth-order valence-corrected chi connectivity index (χ4v) is 3.71. The largest absolute Gasteiger partial charge is 0.452 e. The Kier molecular flexibility index (Phi) is 7.54. The maximum absolute atomic E-state index is 12.9. The van der Waals surface area contributed by atoms with Crippen LogP contribution in [0.1, 0.15) is 38.0 Å². The molecule has 0 radical (unpaired) electrons. The second-order valence-corrected chi connectivity index (χ2v) is 7.94. The van der Waals surface area contributed by atoms with Crippen molar-refractivity contribution in [3.8, 4) is 0 Å². The molecule has 0 saturated carbocycles. The van der Waals surface area contributed by atoms with Gasteiger partial charge in [0.2, 0.25) is 0 Å². The molecule has 8 nitrogen and oxygen atoms in total. The van der Waals surface area contributed by atoms with Crippen LogP contribution in [0.15, 0.2) is 91.0 Å². The number of hydrogen-bond acceptors (Lipinski definition) is 8. The Morgan fingerprint density at radius 1 is 0.600 bits per heavy atom. The number of esters is 3. The molecular formula is C27H24O8. The lowest BCUT2D eigenvalue weighted by Gasteiger charge is -2.42. The summed E-state index contributed by atoms with van der Waals surface area (Å²) in [4.78, 5) is 38.5. The lowest BCUT2D eigenvalue weighted by Crippen LogP contribution is -2.60. The van der Waals surface area contributed by atoms with Gasteiger partial charge in [-0.05, 0) is 43.3 Å². The Labute approximate surface area is 202 Å². The quantitative estimate of drug-likeness (QED) is 0.426. The number of aliphatic hydroxyl groups is 1. The zero-order valence-electron chi connectivity index (χ0n) is 18.9. The number of carbonyl (C=O) groups is 3. The highest BCUT2D eigenvalue weighted by atomic mass is 16.7. The summed E-state index contributed by atoms with van der Waals surface area (Å²) < 4.78 is 22.4. The monoisotopic (exact) mass is 476 g/mol. The minimum atomic E-state index is -1.63. The molecule has 0 bridgehead atoms. The van der Waals surface area contributed by atoms with E-state index in [0.29, 0.717) is 0 Å². The van der Waals surface area contributed by atoms with Crippen LogP contribution >= 0.6 is 0 Å². The number of aliphatic hydroxyl groups excluding tert-OH is 1. The Balaban J connectivity index is 1.63. The predicted octanol–water partition coefficient (Wildman–Crippen LogP) is 3.40. The fourth-order valence-electron chi connectivity index (χ4n) is 3.71. The van der Waals surface area contributed by atoms with Crippen molar-refractivity contribution >= 4 is 17.9 Å². The molecule has 1 N–H and O–H groups in total. The summed E-state index contributed by atoms with van der Waals surface area (Å²) in [5.74, 6) is -2.18. The normalized spacial score (nSPS) is 23.7. The second kappa shape index (κ2) is 10.9. The first-order valence-corrected chi connectivity index (χ1v) is 11.1. The van der Waals surface area contributed by atoms with Gasteiger partial charge < -0.3 is 24.1 Å². The average Bonchev–Trinajstić information content (AvgIpc) is 2.89. The van der Waals surface area contributed by atoms with Crippen LogP contribution < -0.4 is 0 Å². The van der Waals surface area contributed by atoms with Crippen LogP contribution in [0.25, 0.3) is 0 Å². The van der Waals surface area contributed by atoms with Gasteiger partial charge in [-0.3, -0.25) is 0 Å². The molecule has 8 heteroatoms. The van der Waals surface area contributed by atoms with E-state index in [2.05, 4.69) is 0 Å². The molecule has 0 aliphatic carbocycles. The molecule has 1 saturated heterocycles.